The summed E-state index contributed by atoms with van der Waals surface area (Å²) in [5, 5.41) is 0. The van der Waals surface area contributed by atoms with Crippen molar-refractivity contribution in [2.24, 2.45) is 11.8 Å². The third-order valence-electron chi connectivity index (χ3n) is 5.55. The van der Waals surface area contributed by atoms with Crippen molar-refractivity contribution in [2.45, 2.75) is 85.5 Å². The molecule has 0 N–H and O–H groups in total. The van der Waals surface area contributed by atoms with Gasteiger partial charge < -0.3 is 4.90 Å². The van der Waals surface area contributed by atoms with Gasteiger partial charge in [-0.25, -0.2) is 0 Å². The summed E-state index contributed by atoms with van der Waals surface area (Å²) in [5.41, 5.74) is 2.14. The Morgan fingerprint density at radius 3 is 1.72 bits per heavy atom. The standard InChI is InChI=1S/C24H45N/c1-8-13-15-23(11-4)19-25(18-17-22(7)21(6)10-3)20-24(12-5)16-14-9-2/h10,23-24H,3,6-9,11-20H2,1-2,4-5H3. The van der Waals surface area contributed by atoms with Gasteiger partial charge >= 0.3 is 0 Å². The zero-order chi connectivity index (χ0) is 19.1. The molecule has 1 nitrogen and oxygen atoms in total. The molecule has 0 fully saturated rings. The van der Waals surface area contributed by atoms with Gasteiger partial charge in [-0.3, -0.25) is 0 Å². The summed E-state index contributed by atoms with van der Waals surface area (Å²) in [4.78, 5) is 2.72. The highest BCUT2D eigenvalue weighted by atomic mass is 15.1. The molecule has 2 unspecified atom stereocenters. The Hall–Kier alpha value is -0.820. The van der Waals surface area contributed by atoms with Crippen molar-refractivity contribution in [3.8, 4) is 0 Å². The second kappa shape index (κ2) is 15.4. The molecule has 0 saturated carbocycles. The maximum Gasteiger partial charge on any atom is 0.00220 e. The summed E-state index contributed by atoms with van der Waals surface area (Å²) >= 11 is 0. The lowest BCUT2D eigenvalue weighted by atomic mass is 9.95. The Labute approximate surface area is 159 Å². The summed E-state index contributed by atoms with van der Waals surface area (Å²) < 4.78 is 0. The monoisotopic (exact) mass is 347 g/mol. The van der Waals surface area contributed by atoms with Crippen molar-refractivity contribution in [1.82, 2.24) is 4.90 Å². The van der Waals surface area contributed by atoms with E-state index in [4.69, 9.17) is 0 Å². The first kappa shape index (κ1) is 24.2. The van der Waals surface area contributed by atoms with E-state index < -0.39 is 0 Å². The van der Waals surface area contributed by atoms with E-state index in [0.29, 0.717) is 0 Å². The highest BCUT2D eigenvalue weighted by Gasteiger charge is 2.17. The van der Waals surface area contributed by atoms with Crippen LogP contribution in [-0.2, 0) is 0 Å². The molecule has 0 saturated heterocycles. The summed E-state index contributed by atoms with van der Waals surface area (Å²) in [5.74, 6) is 1.67. The highest BCUT2D eigenvalue weighted by Crippen LogP contribution is 2.20. The molecular weight excluding hydrogens is 302 g/mol. The molecule has 146 valence electrons. The molecule has 0 spiro atoms. The zero-order valence-corrected chi connectivity index (χ0v) is 17.8. The third-order valence-corrected chi connectivity index (χ3v) is 5.55. The molecule has 0 aromatic rings. The Kier molecular flexibility index (Phi) is 14.9. The van der Waals surface area contributed by atoms with Crippen LogP contribution in [0, 0.1) is 11.8 Å². The molecule has 0 bridgehead atoms. The zero-order valence-electron chi connectivity index (χ0n) is 17.8. The fourth-order valence-corrected chi connectivity index (χ4v) is 3.42. The highest BCUT2D eigenvalue weighted by molar-refractivity contribution is 5.33. The lowest BCUT2D eigenvalue weighted by Gasteiger charge is -2.31. The average molecular weight is 348 g/mol. The Morgan fingerprint density at radius 1 is 0.880 bits per heavy atom. The van der Waals surface area contributed by atoms with Crippen LogP contribution in [0.25, 0.3) is 0 Å². The Bertz CT molecular complexity index is 350. The van der Waals surface area contributed by atoms with Crippen LogP contribution in [0.1, 0.15) is 85.5 Å². The van der Waals surface area contributed by atoms with Crippen LogP contribution in [0.4, 0.5) is 0 Å². The molecule has 2 atom stereocenters. The van der Waals surface area contributed by atoms with Crippen LogP contribution >= 0.6 is 0 Å². The van der Waals surface area contributed by atoms with E-state index in [9.17, 15) is 0 Å². The summed E-state index contributed by atoms with van der Waals surface area (Å²) in [7, 11) is 0. The minimum atomic E-state index is 0.833. The minimum Gasteiger partial charge on any atom is -0.302 e. The largest absolute Gasteiger partial charge is 0.302 e. The van der Waals surface area contributed by atoms with E-state index in [-0.39, 0.29) is 0 Å². The van der Waals surface area contributed by atoms with Crippen molar-refractivity contribution >= 4 is 0 Å². The normalized spacial score (nSPS) is 13.6. The van der Waals surface area contributed by atoms with E-state index >= 15 is 0 Å². The Balaban J connectivity index is 4.79. The number of hydrogen-bond acceptors (Lipinski definition) is 1. The van der Waals surface area contributed by atoms with E-state index in [1.54, 1.807) is 0 Å². The molecule has 0 radical (unpaired) electrons. The van der Waals surface area contributed by atoms with Crippen molar-refractivity contribution in [2.75, 3.05) is 19.6 Å². The van der Waals surface area contributed by atoms with Crippen LogP contribution in [-0.4, -0.2) is 24.5 Å². The second-order valence-electron chi connectivity index (χ2n) is 7.68. The number of rotatable bonds is 17. The molecule has 0 aliphatic carbocycles. The van der Waals surface area contributed by atoms with Crippen molar-refractivity contribution in [3.05, 3.63) is 37.0 Å². The van der Waals surface area contributed by atoms with E-state index in [0.717, 1.165) is 35.9 Å². The molecule has 0 rings (SSSR count). The topological polar surface area (TPSA) is 3.24 Å². The molecule has 0 aliphatic heterocycles. The molecule has 0 aromatic heterocycles. The third kappa shape index (κ3) is 11.4. The molecule has 1 heteroatoms. The van der Waals surface area contributed by atoms with Crippen molar-refractivity contribution in [3.63, 3.8) is 0 Å². The van der Waals surface area contributed by atoms with Crippen LogP contribution in [0.15, 0.2) is 37.0 Å². The van der Waals surface area contributed by atoms with Gasteiger partial charge in [0.15, 0.2) is 0 Å². The summed E-state index contributed by atoms with van der Waals surface area (Å²) in [6.07, 6.45) is 13.5. The maximum absolute atomic E-state index is 4.20. The van der Waals surface area contributed by atoms with Crippen LogP contribution in [0.3, 0.4) is 0 Å². The van der Waals surface area contributed by atoms with Crippen LogP contribution < -0.4 is 0 Å². The number of unbranched alkanes of at least 4 members (excludes halogenated alkanes) is 2. The van der Waals surface area contributed by atoms with Gasteiger partial charge in [0.2, 0.25) is 0 Å². The van der Waals surface area contributed by atoms with Gasteiger partial charge in [-0.1, -0.05) is 92.0 Å². The second-order valence-corrected chi connectivity index (χ2v) is 7.68. The van der Waals surface area contributed by atoms with Gasteiger partial charge in [-0.05, 0) is 42.2 Å². The van der Waals surface area contributed by atoms with Gasteiger partial charge in [0.25, 0.3) is 0 Å². The minimum absolute atomic E-state index is 0.833. The van der Waals surface area contributed by atoms with Crippen LogP contribution in [0.2, 0.25) is 0 Å². The lowest BCUT2D eigenvalue weighted by Crippen LogP contribution is -2.35. The van der Waals surface area contributed by atoms with E-state index in [2.05, 4.69) is 52.3 Å². The van der Waals surface area contributed by atoms with E-state index in [1.807, 2.05) is 6.08 Å². The van der Waals surface area contributed by atoms with Gasteiger partial charge in [0.05, 0.1) is 0 Å². The first-order valence-electron chi connectivity index (χ1n) is 10.7. The SMILES string of the molecule is C=CC(=C)C(=C)CCN(CC(CC)CCCC)CC(CC)CCCC. The smallest absolute Gasteiger partial charge is 0.00220 e. The van der Waals surface area contributed by atoms with Gasteiger partial charge in [-0.2, -0.15) is 0 Å². The molecule has 0 amide bonds. The molecule has 0 heterocycles. The molecule has 25 heavy (non-hydrogen) atoms. The van der Waals surface area contributed by atoms with Gasteiger partial charge in [0, 0.05) is 19.6 Å². The lowest BCUT2D eigenvalue weighted by molar-refractivity contribution is 0.183. The van der Waals surface area contributed by atoms with Gasteiger partial charge in [0.1, 0.15) is 0 Å². The maximum atomic E-state index is 4.20. The predicted octanol–water partition coefficient (Wildman–Crippen LogP) is 7.41. The summed E-state index contributed by atoms with van der Waals surface area (Å²) in [6, 6.07) is 0. The fraction of sp³-hybridized carbons (Fsp3) is 0.750. The Morgan fingerprint density at radius 2 is 1.36 bits per heavy atom. The first-order valence-corrected chi connectivity index (χ1v) is 10.7. The molecule has 0 aromatic carbocycles. The molecular formula is C24H45N. The predicted molar refractivity (Wildman–Crippen MR) is 116 cm³/mol. The summed E-state index contributed by atoms with van der Waals surface area (Å²) in [6.45, 7) is 25.0. The number of nitrogens with zero attached hydrogens (tertiary/aromatic N) is 1. The first-order chi connectivity index (χ1) is 12.0. The fourth-order valence-electron chi connectivity index (χ4n) is 3.42. The van der Waals surface area contributed by atoms with Crippen LogP contribution in [0.5, 0.6) is 0 Å². The number of hydrogen-bond donors (Lipinski definition) is 0. The van der Waals surface area contributed by atoms with Crippen molar-refractivity contribution in [1.29, 1.82) is 0 Å². The quantitative estimate of drug-likeness (QED) is 0.248. The average Bonchev–Trinajstić information content (AvgIpc) is 2.64. The number of allylic oxidation sites excluding steroid dienone is 2. The molecule has 0 aliphatic rings. The van der Waals surface area contributed by atoms with Crippen molar-refractivity contribution < 1.29 is 0 Å². The van der Waals surface area contributed by atoms with Gasteiger partial charge in [-0.15, -0.1) is 0 Å². The van der Waals surface area contributed by atoms with E-state index in [1.165, 1.54) is 64.5 Å².